The van der Waals surface area contributed by atoms with Gasteiger partial charge in [-0.15, -0.1) is 0 Å². The van der Waals surface area contributed by atoms with Gasteiger partial charge in [-0.25, -0.2) is 9.59 Å². The Kier molecular flexibility index (Phi) is 6.62. The Labute approximate surface area is 109 Å². The van der Waals surface area contributed by atoms with Gasteiger partial charge in [-0.05, 0) is 27.7 Å². The van der Waals surface area contributed by atoms with Crippen molar-refractivity contribution < 1.29 is 19.1 Å². The van der Waals surface area contributed by atoms with E-state index < -0.39 is 18.0 Å². The molecule has 5 nitrogen and oxygen atoms in total. The Hall–Kier alpha value is -1.36. The van der Waals surface area contributed by atoms with Gasteiger partial charge in [-0.2, -0.15) is 0 Å². The standard InChI is InChI=1S/C13H23NO4/c1-8(2)14(9(3)4)11(13(16)18-7)10(5)12(15)17-6/h8-9,11H,5H2,1-4,6-7H3. The number of esters is 2. The maximum atomic E-state index is 11.9. The van der Waals surface area contributed by atoms with E-state index in [4.69, 9.17) is 4.74 Å². The molecule has 0 amide bonds. The predicted molar refractivity (Wildman–Crippen MR) is 69.1 cm³/mol. The van der Waals surface area contributed by atoms with Gasteiger partial charge < -0.3 is 9.47 Å². The molecule has 0 heterocycles. The summed E-state index contributed by atoms with van der Waals surface area (Å²) in [6, 6.07) is -0.687. The molecule has 1 atom stereocenters. The summed E-state index contributed by atoms with van der Waals surface area (Å²) < 4.78 is 9.38. The lowest BCUT2D eigenvalue weighted by molar-refractivity contribution is -0.150. The minimum Gasteiger partial charge on any atom is -0.468 e. The van der Waals surface area contributed by atoms with Crippen LogP contribution in [0.4, 0.5) is 0 Å². The van der Waals surface area contributed by atoms with Crippen molar-refractivity contribution in [1.29, 1.82) is 0 Å². The molecular formula is C13H23NO4. The molecule has 0 aromatic carbocycles. The number of hydrogen-bond donors (Lipinski definition) is 0. The van der Waals surface area contributed by atoms with Crippen LogP contribution in [0, 0.1) is 0 Å². The number of rotatable bonds is 6. The van der Waals surface area contributed by atoms with E-state index in [-0.39, 0.29) is 17.7 Å². The van der Waals surface area contributed by atoms with Crippen molar-refractivity contribution >= 4 is 11.9 Å². The first kappa shape index (κ1) is 16.6. The Balaban J connectivity index is 5.39. The largest absolute Gasteiger partial charge is 0.468 e. The van der Waals surface area contributed by atoms with E-state index in [1.165, 1.54) is 14.2 Å². The van der Waals surface area contributed by atoms with Gasteiger partial charge in [0, 0.05) is 12.1 Å². The van der Waals surface area contributed by atoms with Gasteiger partial charge in [0.05, 0.1) is 19.8 Å². The summed E-state index contributed by atoms with van der Waals surface area (Å²) in [5.74, 6) is -1.11. The molecule has 0 aliphatic rings. The molecule has 0 fully saturated rings. The Morgan fingerprint density at radius 3 is 1.72 bits per heavy atom. The molecule has 0 bridgehead atoms. The van der Waals surface area contributed by atoms with E-state index in [1.807, 2.05) is 32.6 Å². The molecule has 18 heavy (non-hydrogen) atoms. The molecule has 0 aromatic heterocycles. The molecule has 0 aromatic rings. The average molecular weight is 257 g/mol. The fourth-order valence-corrected chi connectivity index (χ4v) is 1.99. The van der Waals surface area contributed by atoms with Gasteiger partial charge >= 0.3 is 11.9 Å². The third-order valence-corrected chi connectivity index (χ3v) is 2.69. The van der Waals surface area contributed by atoms with Crippen LogP contribution in [0.5, 0.6) is 0 Å². The van der Waals surface area contributed by atoms with Crippen molar-refractivity contribution in [2.75, 3.05) is 14.2 Å². The molecular weight excluding hydrogens is 234 g/mol. The van der Waals surface area contributed by atoms with Gasteiger partial charge in [0.15, 0.2) is 0 Å². The Morgan fingerprint density at radius 1 is 1.00 bits per heavy atom. The van der Waals surface area contributed by atoms with Crippen molar-refractivity contribution in [3.05, 3.63) is 12.2 Å². The molecule has 1 unspecified atom stereocenters. The number of carbonyl (C=O) groups is 2. The fourth-order valence-electron chi connectivity index (χ4n) is 1.99. The highest BCUT2D eigenvalue weighted by atomic mass is 16.5. The topological polar surface area (TPSA) is 55.8 Å². The van der Waals surface area contributed by atoms with Crippen LogP contribution in [-0.2, 0) is 19.1 Å². The van der Waals surface area contributed by atoms with Crippen LogP contribution in [0.1, 0.15) is 27.7 Å². The van der Waals surface area contributed by atoms with Crippen LogP contribution in [-0.4, -0.2) is 49.2 Å². The van der Waals surface area contributed by atoms with E-state index in [0.29, 0.717) is 0 Å². The maximum absolute atomic E-state index is 11.9. The van der Waals surface area contributed by atoms with E-state index in [0.717, 1.165) is 0 Å². The molecule has 5 heteroatoms. The van der Waals surface area contributed by atoms with Crippen LogP contribution in [0.15, 0.2) is 12.2 Å². The number of hydrogen-bond acceptors (Lipinski definition) is 5. The zero-order valence-electron chi connectivity index (χ0n) is 12.0. The van der Waals surface area contributed by atoms with Crippen molar-refractivity contribution in [3.8, 4) is 0 Å². The zero-order valence-corrected chi connectivity index (χ0v) is 12.0. The summed E-state index contributed by atoms with van der Waals surface area (Å²) in [6.45, 7) is 11.4. The van der Waals surface area contributed by atoms with E-state index in [9.17, 15) is 9.59 Å². The molecule has 0 saturated carbocycles. The molecule has 0 saturated heterocycles. The molecule has 104 valence electrons. The van der Waals surface area contributed by atoms with Crippen LogP contribution in [0.3, 0.4) is 0 Å². The summed E-state index contributed by atoms with van der Waals surface area (Å²) >= 11 is 0. The third kappa shape index (κ3) is 3.84. The van der Waals surface area contributed by atoms with Crippen molar-refractivity contribution in [2.45, 2.75) is 45.8 Å². The highest BCUT2D eigenvalue weighted by Gasteiger charge is 2.36. The Morgan fingerprint density at radius 2 is 1.44 bits per heavy atom. The van der Waals surface area contributed by atoms with Crippen LogP contribution in [0.2, 0.25) is 0 Å². The van der Waals surface area contributed by atoms with Gasteiger partial charge in [-0.1, -0.05) is 6.58 Å². The first-order valence-electron chi connectivity index (χ1n) is 5.90. The fraction of sp³-hybridized carbons (Fsp3) is 0.692. The lowest BCUT2D eigenvalue weighted by Gasteiger charge is -2.36. The Bertz CT molecular complexity index is 315. The average Bonchev–Trinajstić information content (AvgIpc) is 2.31. The number of nitrogens with zero attached hydrogens (tertiary/aromatic N) is 1. The first-order chi connectivity index (χ1) is 8.27. The second kappa shape index (κ2) is 7.16. The maximum Gasteiger partial charge on any atom is 0.335 e. The summed E-state index contributed by atoms with van der Waals surface area (Å²) in [4.78, 5) is 25.3. The monoisotopic (exact) mass is 257 g/mol. The van der Waals surface area contributed by atoms with E-state index in [1.54, 1.807) is 0 Å². The zero-order chi connectivity index (χ0) is 14.5. The predicted octanol–water partition coefficient (Wildman–Crippen LogP) is 1.38. The lowest BCUT2D eigenvalue weighted by Crippen LogP contribution is -2.51. The van der Waals surface area contributed by atoms with Crippen molar-refractivity contribution in [1.82, 2.24) is 4.90 Å². The van der Waals surface area contributed by atoms with Crippen LogP contribution < -0.4 is 0 Å². The molecule has 0 aliphatic carbocycles. The quantitative estimate of drug-likeness (QED) is 0.531. The number of methoxy groups -OCH3 is 2. The van der Waals surface area contributed by atoms with Gasteiger partial charge in [-0.3, -0.25) is 4.90 Å². The smallest absolute Gasteiger partial charge is 0.335 e. The second-order valence-corrected chi connectivity index (χ2v) is 4.58. The van der Waals surface area contributed by atoms with Gasteiger partial charge in [0.1, 0.15) is 6.04 Å². The summed E-state index contributed by atoms with van der Waals surface area (Å²) in [7, 11) is 2.55. The highest BCUT2D eigenvalue weighted by Crippen LogP contribution is 2.19. The normalized spacial score (nSPS) is 12.7. The van der Waals surface area contributed by atoms with Gasteiger partial charge in [0.2, 0.25) is 0 Å². The summed E-state index contributed by atoms with van der Waals surface area (Å²) in [5, 5.41) is 0. The second-order valence-electron chi connectivity index (χ2n) is 4.58. The van der Waals surface area contributed by atoms with Crippen LogP contribution >= 0.6 is 0 Å². The molecule has 0 spiro atoms. The number of ether oxygens (including phenoxy) is 2. The first-order valence-corrected chi connectivity index (χ1v) is 5.90. The molecule has 0 N–H and O–H groups in total. The molecule has 0 rings (SSSR count). The summed E-state index contributed by atoms with van der Waals surface area (Å²) in [5.41, 5.74) is 0.0896. The minimum absolute atomic E-state index is 0.0653. The van der Waals surface area contributed by atoms with E-state index in [2.05, 4.69) is 11.3 Å². The van der Waals surface area contributed by atoms with Crippen LogP contribution in [0.25, 0.3) is 0 Å². The molecule has 0 radical (unpaired) electrons. The summed E-state index contributed by atoms with van der Waals surface area (Å²) in [6.07, 6.45) is 0. The number of carbonyl (C=O) groups excluding carboxylic acids is 2. The van der Waals surface area contributed by atoms with E-state index >= 15 is 0 Å². The van der Waals surface area contributed by atoms with Crippen molar-refractivity contribution in [3.63, 3.8) is 0 Å². The van der Waals surface area contributed by atoms with Gasteiger partial charge in [0.25, 0.3) is 0 Å². The van der Waals surface area contributed by atoms with Crippen molar-refractivity contribution in [2.24, 2.45) is 0 Å². The molecule has 0 aliphatic heterocycles. The SMILES string of the molecule is C=C(C(=O)OC)C(C(=O)OC)N(C(C)C)C(C)C. The lowest BCUT2D eigenvalue weighted by atomic mass is 10.0. The third-order valence-electron chi connectivity index (χ3n) is 2.69. The minimum atomic E-state index is -0.817. The highest BCUT2D eigenvalue weighted by molar-refractivity contribution is 5.97.